The van der Waals surface area contributed by atoms with Crippen molar-refractivity contribution in [2.24, 2.45) is 4.99 Å². The molecular weight excluding hydrogens is 172 g/mol. The maximum Gasteiger partial charge on any atom is 0.0660 e. The van der Waals surface area contributed by atoms with Gasteiger partial charge < -0.3 is 5.32 Å². The van der Waals surface area contributed by atoms with Gasteiger partial charge in [-0.2, -0.15) is 0 Å². The van der Waals surface area contributed by atoms with E-state index >= 15 is 0 Å². The van der Waals surface area contributed by atoms with Crippen LogP contribution in [-0.4, -0.2) is 19.8 Å². The molecule has 0 aliphatic rings. The quantitative estimate of drug-likeness (QED) is 0.723. The molecule has 1 aromatic carbocycles. The van der Waals surface area contributed by atoms with E-state index in [0.29, 0.717) is 0 Å². The van der Waals surface area contributed by atoms with Crippen molar-refractivity contribution in [2.45, 2.75) is 6.92 Å². The monoisotopic (exact) mass is 188 g/mol. The Morgan fingerprint density at radius 1 is 1.29 bits per heavy atom. The Kier molecular flexibility index (Phi) is 3.92. The molecule has 2 nitrogen and oxygen atoms in total. The predicted molar refractivity (Wildman–Crippen MR) is 61.7 cm³/mol. The SMILES string of the molecule is CN=C(C=C(C)NC)c1ccccc1. The van der Waals surface area contributed by atoms with E-state index in [1.54, 1.807) is 0 Å². The lowest BCUT2D eigenvalue weighted by molar-refractivity contribution is 0.992. The lowest BCUT2D eigenvalue weighted by Gasteiger charge is -2.03. The van der Waals surface area contributed by atoms with E-state index in [-0.39, 0.29) is 0 Å². The number of rotatable bonds is 3. The number of allylic oxidation sites excluding steroid dienone is 2. The second-order valence-corrected chi connectivity index (χ2v) is 3.05. The zero-order valence-electron chi connectivity index (χ0n) is 8.91. The summed E-state index contributed by atoms with van der Waals surface area (Å²) in [5, 5.41) is 3.08. The minimum absolute atomic E-state index is 0.998. The van der Waals surface area contributed by atoms with Crippen molar-refractivity contribution >= 4 is 5.71 Å². The standard InChI is InChI=1S/C12H16N2/c1-10(13-2)9-12(14-3)11-7-5-4-6-8-11/h4-9,13H,1-3H3. The molecule has 0 aliphatic carbocycles. The van der Waals surface area contributed by atoms with E-state index in [4.69, 9.17) is 0 Å². The molecule has 0 aromatic heterocycles. The highest BCUT2D eigenvalue weighted by Crippen LogP contribution is 2.03. The summed E-state index contributed by atoms with van der Waals surface area (Å²) in [6.07, 6.45) is 2.04. The fourth-order valence-electron chi connectivity index (χ4n) is 1.16. The molecule has 1 aromatic rings. The van der Waals surface area contributed by atoms with Crippen LogP contribution in [0.15, 0.2) is 47.1 Å². The number of hydrogen-bond donors (Lipinski definition) is 1. The van der Waals surface area contributed by atoms with Gasteiger partial charge in [0.25, 0.3) is 0 Å². The van der Waals surface area contributed by atoms with Gasteiger partial charge in [-0.05, 0) is 18.6 Å². The van der Waals surface area contributed by atoms with E-state index < -0.39 is 0 Å². The van der Waals surface area contributed by atoms with Crippen LogP contribution in [0, 0.1) is 0 Å². The molecule has 0 atom stereocenters. The fraction of sp³-hybridized carbons (Fsp3) is 0.250. The van der Waals surface area contributed by atoms with Gasteiger partial charge in [0.1, 0.15) is 0 Å². The second-order valence-electron chi connectivity index (χ2n) is 3.05. The van der Waals surface area contributed by atoms with Gasteiger partial charge in [-0.15, -0.1) is 0 Å². The number of aliphatic imine (C=N–C) groups is 1. The molecule has 1 rings (SSSR count). The molecule has 14 heavy (non-hydrogen) atoms. The van der Waals surface area contributed by atoms with E-state index in [9.17, 15) is 0 Å². The van der Waals surface area contributed by atoms with Crippen LogP contribution in [0.5, 0.6) is 0 Å². The lowest BCUT2D eigenvalue weighted by atomic mass is 10.1. The minimum atomic E-state index is 0.998. The van der Waals surface area contributed by atoms with Gasteiger partial charge in [0.05, 0.1) is 5.71 Å². The van der Waals surface area contributed by atoms with Crippen molar-refractivity contribution in [3.05, 3.63) is 47.7 Å². The molecule has 0 fully saturated rings. The van der Waals surface area contributed by atoms with E-state index in [1.165, 1.54) is 0 Å². The third kappa shape index (κ3) is 2.73. The van der Waals surface area contributed by atoms with E-state index in [0.717, 1.165) is 17.0 Å². The third-order valence-electron chi connectivity index (χ3n) is 2.06. The summed E-state index contributed by atoms with van der Waals surface area (Å²) < 4.78 is 0. The Bertz CT molecular complexity index is 337. The number of nitrogens with one attached hydrogen (secondary N) is 1. The second kappa shape index (κ2) is 5.22. The van der Waals surface area contributed by atoms with Gasteiger partial charge in [0, 0.05) is 19.8 Å². The van der Waals surface area contributed by atoms with Gasteiger partial charge in [0.2, 0.25) is 0 Å². The summed E-state index contributed by atoms with van der Waals surface area (Å²) in [7, 11) is 3.71. The summed E-state index contributed by atoms with van der Waals surface area (Å²) in [6.45, 7) is 2.02. The van der Waals surface area contributed by atoms with Crippen LogP contribution in [0.4, 0.5) is 0 Å². The average Bonchev–Trinajstić information content (AvgIpc) is 2.26. The normalized spacial score (nSPS) is 12.8. The molecule has 0 saturated carbocycles. The highest BCUT2D eigenvalue weighted by molar-refractivity contribution is 6.08. The van der Waals surface area contributed by atoms with Crippen molar-refractivity contribution in [3.8, 4) is 0 Å². The first kappa shape index (κ1) is 10.5. The number of hydrogen-bond acceptors (Lipinski definition) is 2. The average molecular weight is 188 g/mol. The Morgan fingerprint density at radius 2 is 1.93 bits per heavy atom. The van der Waals surface area contributed by atoms with Crippen LogP contribution >= 0.6 is 0 Å². The van der Waals surface area contributed by atoms with Gasteiger partial charge >= 0.3 is 0 Å². The highest BCUT2D eigenvalue weighted by Gasteiger charge is 1.97. The van der Waals surface area contributed by atoms with Crippen LogP contribution < -0.4 is 5.32 Å². The summed E-state index contributed by atoms with van der Waals surface area (Å²) in [5.41, 5.74) is 3.25. The van der Waals surface area contributed by atoms with Crippen LogP contribution in [0.1, 0.15) is 12.5 Å². The van der Waals surface area contributed by atoms with Gasteiger partial charge in [-0.1, -0.05) is 30.3 Å². The summed E-state index contributed by atoms with van der Waals surface area (Å²) in [4.78, 5) is 4.25. The molecule has 1 N–H and O–H groups in total. The fourth-order valence-corrected chi connectivity index (χ4v) is 1.16. The van der Waals surface area contributed by atoms with E-state index in [2.05, 4.69) is 22.4 Å². The Morgan fingerprint density at radius 3 is 2.43 bits per heavy atom. The molecule has 0 unspecified atom stereocenters. The highest BCUT2D eigenvalue weighted by atomic mass is 14.8. The Balaban J connectivity index is 2.96. The molecule has 0 bridgehead atoms. The number of benzene rings is 1. The van der Waals surface area contributed by atoms with Gasteiger partial charge in [-0.25, -0.2) is 0 Å². The lowest BCUT2D eigenvalue weighted by Crippen LogP contribution is -2.06. The van der Waals surface area contributed by atoms with Crippen LogP contribution in [0.3, 0.4) is 0 Å². The van der Waals surface area contributed by atoms with Crippen molar-refractivity contribution in [2.75, 3.05) is 14.1 Å². The Hall–Kier alpha value is -1.57. The minimum Gasteiger partial charge on any atom is -0.392 e. The van der Waals surface area contributed by atoms with Crippen molar-refractivity contribution in [1.82, 2.24) is 5.32 Å². The van der Waals surface area contributed by atoms with Crippen LogP contribution in [0.25, 0.3) is 0 Å². The van der Waals surface area contributed by atoms with E-state index in [1.807, 2.05) is 45.3 Å². The largest absolute Gasteiger partial charge is 0.392 e. The van der Waals surface area contributed by atoms with Gasteiger partial charge in [0.15, 0.2) is 0 Å². The molecule has 0 heterocycles. The maximum absolute atomic E-state index is 4.25. The van der Waals surface area contributed by atoms with Crippen LogP contribution in [-0.2, 0) is 0 Å². The number of nitrogens with zero attached hydrogens (tertiary/aromatic N) is 1. The smallest absolute Gasteiger partial charge is 0.0660 e. The molecular formula is C12H16N2. The zero-order chi connectivity index (χ0) is 10.4. The van der Waals surface area contributed by atoms with Crippen LogP contribution in [0.2, 0.25) is 0 Å². The van der Waals surface area contributed by atoms with Crippen molar-refractivity contribution in [1.29, 1.82) is 0 Å². The third-order valence-corrected chi connectivity index (χ3v) is 2.06. The molecule has 0 radical (unpaired) electrons. The topological polar surface area (TPSA) is 24.4 Å². The predicted octanol–water partition coefficient (Wildman–Crippen LogP) is 2.23. The first-order valence-electron chi connectivity index (χ1n) is 4.66. The van der Waals surface area contributed by atoms with Crippen molar-refractivity contribution in [3.63, 3.8) is 0 Å². The molecule has 0 aliphatic heterocycles. The molecule has 2 heteroatoms. The zero-order valence-corrected chi connectivity index (χ0v) is 8.91. The molecule has 0 amide bonds. The first-order chi connectivity index (χ1) is 6.77. The maximum atomic E-state index is 4.25. The molecule has 0 saturated heterocycles. The Labute approximate surface area is 85.4 Å². The molecule has 74 valence electrons. The summed E-state index contributed by atoms with van der Waals surface area (Å²) >= 11 is 0. The van der Waals surface area contributed by atoms with Crippen molar-refractivity contribution < 1.29 is 0 Å². The summed E-state index contributed by atoms with van der Waals surface area (Å²) in [6, 6.07) is 10.2. The molecule has 0 spiro atoms. The summed E-state index contributed by atoms with van der Waals surface area (Å²) in [5.74, 6) is 0. The van der Waals surface area contributed by atoms with Gasteiger partial charge in [-0.3, -0.25) is 4.99 Å². The first-order valence-corrected chi connectivity index (χ1v) is 4.66.